The van der Waals surface area contributed by atoms with Crippen molar-refractivity contribution < 1.29 is 9.21 Å². The van der Waals surface area contributed by atoms with Gasteiger partial charge in [-0.05, 0) is 45.0 Å². The summed E-state index contributed by atoms with van der Waals surface area (Å²) in [7, 11) is 0. The molecule has 0 saturated carbocycles. The summed E-state index contributed by atoms with van der Waals surface area (Å²) in [6.07, 6.45) is 1.61. The Kier molecular flexibility index (Phi) is 4.37. The molecule has 27 heavy (non-hydrogen) atoms. The molecule has 0 unspecified atom stereocenters. The van der Waals surface area contributed by atoms with Crippen LogP contribution in [0.25, 0.3) is 16.6 Å². The van der Waals surface area contributed by atoms with Gasteiger partial charge in [0.25, 0.3) is 5.91 Å². The monoisotopic (exact) mass is 378 g/mol. The van der Waals surface area contributed by atoms with Crippen LogP contribution in [0.5, 0.6) is 0 Å². The van der Waals surface area contributed by atoms with Crippen LogP contribution in [-0.4, -0.2) is 20.7 Å². The molecule has 0 atom stereocenters. The molecule has 4 aromatic rings. The fourth-order valence-corrected chi connectivity index (χ4v) is 3.70. The Balaban J connectivity index is 1.64. The summed E-state index contributed by atoms with van der Waals surface area (Å²) in [4.78, 5) is 17.3. The molecule has 6 nitrogen and oxygen atoms in total. The average Bonchev–Trinajstić information content (AvgIpc) is 3.33. The smallest absolute Gasteiger partial charge is 0.256 e. The number of furan rings is 1. The molecule has 7 heteroatoms. The fraction of sp³-hybridized carbons (Fsp3) is 0.150. The van der Waals surface area contributed by atoms with E-state index in [9.17, 15) is 4.79 Å². The van der Waals surface area contributed by atoms with Crippen molar-refractivity contribution in [1.29, 1.82) is 0 Å². The lowest BCUT2D eigenvalue weighted by atomic mass is 10.1. The van der Waals surface area contributed by atoms with Gasteiger partial charge >= 0.3 is 0 Å². The fourth-order valence-electron chi connectivity index (χ4n) is 2.93. The molecule has 0 radical (unpaired) electrons. The molecule has 1 N–H and O–H groups in total. The number of nitrogens with zero attached hydrogens (tertiary/aromatic N) is 3. The van der Waals surface area contributed by atoms with E-state index in [1.165, 1.54) is 11.3 Å². The predicted molar refractivity (Wildman–Crippen MR) is 106 cm³/mol. The number of aromatic nitrogens is 3. The quantitative estimate of drug-likeness (QED) is 0.555. The lowest BCUT2D eigenvalue weighted by Crippen LogP contribution is -2.15. The third kappa shape index (κ3) is 3.54. The van der Waals surface area contributed by atoms with Gasteiger partial charge < -0.3 is 9.73 Å². The Morgan fingerprint density at radius 1 is 1.15 bits per heavy atom. The van der Waals surface area contributed by atoms with E-state index in [2.05, 4.69) is 15.4 Å². The maximum atomic E-state index is 12.7. The zero-order valence-corrected chi connectivity index (χ0v) is 16.0. The molecule has 1 amide bonds. The Bertz CT molecular complexity index is 1090. The first-order valence-corrected chi connectivity index (χ1v) is 9.33. The summed E-state index contributed by atoms with van der Waals surface area (Å²) < 4.78 is 7.04. The summed E-state index contributed by atoms with van der Waals surface area (Å²) in [5, 5.41) is 9.99. The van der Waals surface area contributed by atoms with Crippen LogP contribution >= 0.6 is 11.3 Å². The summed E-state index contributed by atoms with van der Waals surface area (Å²) in [5.74, 6) is 1.10. The normalized spacial score (nSPS) is 10.9. The van der Waals surface area contributed by atoms with Gasteiger partial charge in [-0.15, -0.1) is 11.3 Å². The minimum atomic E-state index is -0.175. The first kappa shape index (κ1) is 17.2. The van der Waals surface area contributed by atoms with Crippen LogP contribution in [0.4, 0.5) is 5.82 Å². The molecule has 0 saturated heterocycles. The summed E-state index contributed by atoms with van der Waals surface area (Å²) >= 11 is 1.43. The lowest BCUT2D eigenvalue weighted by Gasteiger charge is -2.08. The van der Waals surface area contributed by atoms with Crippen LogP contribution in [0.15, 0.2) is 52.5 Å². The van der Waals surface area contributed by atoms with Crippen molar-refractivity contribution in [2.24, 2.45) is 0 Å². The molecule has 0 aliphatic carbocycles. The van der Waals surface area contributed by atoms with Crippen molar-refractivity contribution in [3.8, 4) is 16.6 Å². The van der Waals surface area contributed by atoms with Gasteiger partial charge in [-0.25, -0.2) is 4.98 Å². The van der Waals surface area contributed by atoms with Gasteiger partial charge in [-0.3, -0.25) is 4.79 Å². The highest BCUT2D eigenvalue weighted by atomic mass is 32.1. The number of thiazole rings is 1. The summed E-state index contributed by atoms with van der Waals surface area (Å²) in [6, 6.07) is 11.3. The molecule has 1 aromatic carbocycles. The highest BCUT2D eigenvalue weighted by molar-refractivity contribution is 7.12. The van der Waals surface area contributed by atoms with Gasteiger partial charge in [-0.1, -0.05) is 17.2 Å². The van der Waals surface area contributed by atoms with Crippen molar-refractivity contribution in [3.63, 3.8) is 0 Å². The van der Waals surface area contributed by atoms with E-state index in [0.717, 1.165) is 22.5 Å². The number of carbonyl (C=O) groups excluding carboxylic acids is 1. The summed E-state index contributed by atoms with van der Waals surface area (Å²) in [5.41, 5.74) is 4.24. The molecule has 3 aromatic heterocycles. The Hall–Kier alpha value is -3.19. The van der Waals surface area contributed by atoms with Crippen LogP contribution in [0, 0.1) is 20.8 Å². The van der Waals surface area contributed by atoms with Crippen LogP contribution in [0.3, 0.4) is 0 Å². The van der Waals surface area contributed by atoms with E-state index in [1.54, 1.807) is 10.9 Å². The van der Waals surface area contributed by atoms with Gasteiger partial charge in [0.2, 0.25) is 5.13 Å². The van der Waals surface area contributed by atoms with Crippen LogP contribution in [-0.2, 0) is 0 Å². The molecule has 0 fully saturated rings. The number of anilines is 1. The van der Waals surface area contributed by atoms with Crippen molar-refractivity contribution in [2.75, 3.05) is 5.32 Å². The first-order chi connectivity index (χ1) is 13.0. The van der Waals surface area contributed by atoms with Crippen molar-refractivity contribution in [3.05, 3.63) is 70.4 Å². The van der Waals surface area contributed by atoms with Gasteiger partial charge in [0.15, 0.2) is 5.76 Å². The molecule has 3 heterocycles. The number of hydrogen-bond acceptors (Lipinski definition) is 5. The number of rotatable bonds is 4. The molecular formula is C20H18N4O2S. The van der Waals surface area contributed by atoms with Gasteiger partial charge in [-0.2, -0.15) is 9.78 Å². The number of nitrogens with one attached hydrogen (secondary N) is 1. The standard InChI is InChI=1S/C20H18N4O2S/c1-12-7-13(2)9-15(8-12)19(25)22-18-10-14(3)23-24(18)20-21-16(11-27-20)17-5-4-6-26-17/h4-11H,1-3H3,(H,22,25). The average molecular weight is 378 g/mol. The third-order valence-corrected chi connectivity index (χ3v) is 4.82. The highest BCUT2D eigenvalue weighted by Gasteiger charge is 2.16. The van der Waals surface area contributed by atoms with Crippen LogP contribution < -0.4 is 5.32 Å². The molecular weight excluding hydrogens is 360 g/mol. The topological polar surface area (TPSA) is 73.0 Å². The van der Waals surface area contributed by atoms with E-state index in [4.69, 9.17) is 4.42 Å². The lowest BCUT2D eigenvalue weighted by molar-refractivity contribution is 0.102. The number of benzene rings is 1. The van der Waals surface area contributed by atoms with Crippen molar-refractivity contribution in [2.45, 2.75) is 20.8 Å². The van der Waals surface area contributed by atoms with Gasteiger partial charge in [0, 0.05) is 17.0 Å². The van der Waals surface area contributed by atoms with E-state index >= 15 is 0 Å². The Morgan fingerprint density at radius 3 is 2.63 bits per heavy atom. The molecule has 0 aliphatic rings. The number of hydrogen-bond donors (Lipinski definition) is 1. The van der Waals surface area contributed by atoms with Crippen molar-refractivity contribution in [1.82, 2.24) is 14.8 Å². The largest absolute Gasteiger partial charge is 0.463 e. The minimum absolute atomic E-state index is 0.175. The van der Waals surface area contributed by atoms with E-state index < -0.39 is 0 Å². The number of amides is 1. The maximum absolute atomic E-state index is 12.7. The maximum Gasteiger partial charge on any atom is 0.256 e. The second-order valence-corrected chi connectivity index (χ2v) is 7.24. The number of carbonyl (C=O) groups is 1. The molecule has 0 bridgehead atoms. The van der Waals surface area contributed by atoms with Crippen LogP contribution in [0.2, 0.25) is 0 Å². The highest BCUT2D eigenvalue weighted by Crippen LogP contribution is 2.27. The van der Waals surface area contributed by atoms with E-state index in [0.29, 0.717) is 22.3 Å². The minimum Gasteiger partial charge on any atom is -0.463 e. The SMILES string of the molecule is Cc1cc(C)cc(C(=O)Nc2cc(C)nn2-c2nc(-c3ccco3)cs2)c1. The van der Waals surface area contributed by atoms with E-state index in [1.807, 2.05) is 62.5 Å². The zero-order chi connectivity index (χ0) is 19.0. The van der Waals surface area contributed by atoms with Gasteiger partial charge in [0.05, 0.1) is 12.0 Å². The molecule has 4 rings (SSSR count). The number of aryl methyl sites for hydroxylation is 3. The van der Waals surface area contributed by atoms with E-state index in [-0.39, 0.29) is 5.91 Å². The second kappa shape index (κ2) is 6.85. The second-order valence-electron chi connectivity index (χ2n) is 6.41. The van der Waals surface area contributed by atoms with Gasteiger partial charge in [0.1, 0.15) is 11.5 Å². The molecule has 0 spiro atoms. The third-order valence-electron chi connectivity index (χ3n) is 4.00. The summed E-state index contributed by atoms with van der Waals surface area (Å²) in [6.45, 7) is 5.83. The Labute approximate surface area is 160 Å². The Morgan fingerprint density at radius 2 is 1.93 bits per heavy atom. The first-order valence-electron chi connectivity index (χ1n) is 8.46. The van der Waals surface area contributed by atoms with Crippen LogP contribution in [0.1, 0.15) is 27.2 Å². The molecule has 0 aliphatic heterocycles. The molecule has 136 valence electrons. The van der Waals surface area contributed by atoms with Crippen molar-refractivity contribution >= 4 is 23.1 Å². The zero-order valence-electron chi connectivity index (χ0n) is 15.2. The predicted octanol–water partition coefficient (Wildman–Crippen LogP) is 4.77.